The highest BCUT2D eigenvalue weighted by Crippen LogP contribution is 2.40. The monoisotopic (exact) mass is 344 g/mol. The molecule has 136 valence electrons. The average molecular weight is 344 g/mol. The van der Waals surface area contributed by atoms with Gasteiger partial charge in [-0.25, -0.2) is 0 Å². The zero-order valence-electron chi connectivity index (χ0n) is 15.1. The summed E-state index contributed by atoms with van der Waals surface area (Å²) < 4.78 is 1.87. The second-order valence-electron chi connectivity index (χ2n) is 8.26. The van der Waals surface area contributed by atoms with Crippen molar-refractivity contribution in [1.82, 2.24) is 14.7 Å². The lowest BCUT2D eigenvalue weighted by Crippen LogP contribution is -2.46. The number of amides is 2. The fourth-order valence-corrected chi connectivity index (χ4v) is 4.03. The lowest BCUT2D eigenvalue weighted by Gasteiger charge is -2.36. The van der Waals surface area contributed by atoms with Crippen LogP contribution in [-0.4, -0.2) is 39.1 Å². The van der Waals surface area contributed by atoms with Gasteiger partial charge in [-0.1, -0.05) is 13.8 Å². The van der Waals surface area contributed by atoms with Gasteiger partial charge < -0.3 is 10.2 Å². The Balaban J connectivity index is 1.37. The van der Waals surface area contributed by atoms with Crippen LogP contribution in [0.15, 0.2) is 12.4 Å². The maximum Gasteiger partial charge on any atom is 0.227 e. The van der Waals surface area contributed by atoms with E-state index in [0.717, 1.165) is 37.9 Å². The molecule has 6 heteroatoms. The van der Waals surface area contributed by atoms with E-state index in [-0.39, 0.29) is 23.8 Å². The van der Waals surface area contributed by atoms with Crippen LogP contribution < -0.4 is 5.32 Å². The number of nitrogens with zero attached hydrogens (tertiary/aromatic N) is 3. The Kier molecular flexibility index (Phi) is 4.29. The summed E-state index contributed by atoms with van der Waals surface area (Å²) in [6, 6.07) is 0.223. The molecule has 6 nitrogen and oxygen atoms in total. The van der Waals surface area contributed by atoms with Crippen LogP contribution in [0.4, 0.5) is 5.69 Å². The van der Waals surface area contributed by atoms with E-state index in [1.807, 2.05) is 10.9 Å². The Labute approximate surface area is 148 Å². The van der Waals surface area contributed by atoms with E-state index in [9.17, 15) is 9.59 Å². The number of rotatable bonds is 5. The van der Waals surface area contributed by atoms with E-state index in [4.69, 9.17) is 0 Å². The summed E-state index contributed by atoms with van der Waals surface area (Å²) in [5.74, 6) is 1.89. The van der Waals surface area contributed by atoms with Gasteiger partial charge in [0.2, 0.25) is 11.8 Å². The average Bonchev–Trinajstić information content (AvgIpc) is 3.46. The van der Waals surface area contributed by atoms with Crippen molar-refractivity contribution in [3.05, 3.63) is 12.4 Å². The molecular weight excluding hydrogens is 316 g/mol. The van der Waals surface area contributed by atoms with E-state index in [0.29, 0.717) is 24.3 Å². The molecule has 2 aliphatic carbocycles. The second-order valence-corrected chi connectivity index (χ2v) is 8.26. The summed E-state index contributed by atoms with van der Waals surface area (Å²) in [5, 5.41) is 7.35. The first-order valence-electron chi connectivity index (χ1n) is 9.66. The van der Waals surface area contributed by atoms with Crippen molar-refractivity contribution in [2.24, 2.45) is 23.7 Å². The fourth-order valence-electron chi connectivity index (χ4n) is 4.03. The lowest BCUT2D eigenvalue weighted by atomic mass is 10.0. The largest absolute Gasteiger partial charge is 0.338 e. The molecular formula is C19H28N4O2. The Morgan fingerprint density at radius 2 is 1.92 bits per heavy atom. The van der Waals surface area contributed by atoms with Crippen LogP contribution in [0.5, 0.6) is 0 Å². The Morgan fingerprint density at radius 3 is 2.60 bits per heavy atom. The molecule has 0 spiro atoms. The van der Waals surface area contributed by atoms with E-state index in [1.54, 1.807) is 6.20 Å². The normalized spacial score (nSPS) is 33.8. The van der Waals surface area contributed by atoms with Gasteiger partial charge in [-0.2, -0.15) is 5.10 Å². The van der Waals surface area contributed by atoms with E-state index in [1.165, 1.54) is 6.42 Å². The minimum atomic E-state index is 0.101. The van der Waals surface area contributed by atoms with Crippen LogP contribution in [0.3, 0.4) is 0 Å². The predicted molar refractivity (Wildman–Crippen MR) is 94.8 cm³/mol. The summed E-state index contributed by atoms with van der Waals surface area (Å²) in [4.78, 5) is 26.8. The van der Waals surface area contributed by atoms with Crippen LogP contribution in [0.1, 0.15) is 46.0 Å². The summed E-state index contributed by atoms with van der Waals surface area (Å²) >= 11 is 0. The van der Waals surface area contributed by atoms with Crippen molar-refractivity contribution in [2.75, 3.05) is 11.9 Å². The van der Waals surface area contributed by atoms with Crippen LogP contribution in [0.25, 0.3) is 0 Å². The molecule has 2 amide bonds. The lowest BCUT2D eigenvalue weighted by molar-refractivity contribution is -0.137. The molecule has 1 aliphatic heterocycles. The van der Waals surface area contributed by atoms with E-state index >= 15 is 0 Å². The molecule has 0 unspecified atom stereocenters. The number of likely N-dealkylation sites (tertiary alicyclic amines) is 1. The summed E-state index contributed by atoms with van der Waals surface area (Å²) in [6.45, 7) is 5.84. The van der Waals surface area contributed by atoms with Crippen LogP contribution >= 0.6 is 0 Å². The number of hydrogen-bond donors (Lipinski definition) is 1. The number of piperidine rings is 1. The van der Waals surface area contributed by atoms with Crippen molar-refractivity contribution in [1.29, 1.82) is 0 Å². The highest BCUT2D eigenvalue weighted by Gasteiger charge is 2.43. The molecule has 0 radical (unpaired) electrons. The molecule has 3 aliphatic rings. The van der Waals surface area contributed by atoms with Crippen molar-refractivity contribution in [3.8, 4) is 0 Å². The summed E-state index contributed by atoms with van der Waals surface area (Å²) in [6.07, 6.45) is 8.93. The number of hydrogen-bond acceptors (Lipinski definition) is 3. The van der Waals surface area contributed by atoms with Gasteiger partial charge in [0, 0.05) is 24.6 Å². The van der Waals surface area contributed by atoms with E-state index in [2.05, 4.69) is 29.2 Å². The third-order valence-electron chi connectivity index (χ3n) is 6.08. The van der Waals surface area contributed by atoms with E-state index < -0.39 is 0 Å². The molecule has 1 saturated heterocycles. The summed E-state index contributed by atoms with van der Waals surface area (Å²) in [5.41, 5.74) is 0.758. The molecule has 1 aromatic rings. The number of carbonyl (C=O) groups is 2. The molecule has 4 rings (SSSR count). The number of anilines is 1. The molecule has 1 N–H and O–H groups in total. The predicted octanol–water partition coefficient (Wildman–Crippen LogP) is 2.51. The highest BCUT2D eigenvalue weighted by molar-refractivity contribution is 5.94. The topological polar surface area (TPSA) is 67.2 Å². The SMILES string of the molecule is C[C@@H]1C[C@@H]1C(=O)Nc1cnn(C[C@@H]2CCCCN2C(=O)[C@@H]2C[C@@H]2C)c1. The minimum Gasteiger partial charge on any atom is -0.338 e. The molecule has 2 heterocycles. The van der Waals surface area contributed by atoms with Crippen molar-refractivity contribution < 1.29 is 9.59 Å². The van der Waals surface area contributed by atoms with Gasteiger partial charge in [-0.3, -0.25) is 14.3 Å². The van der Waals surface area contributed by atoms with Crippen LogP contribution in [0, 0.1) is 23.7 Å². The standard InChI is InChI=1S/C19H28N4O2/c1-12-7-16(12)18(24)21-14-9-20-22(10-14)11-15-5-3-4-6-23(15)19(25)17-8-13(17)2/h9-10,12-13,15-17H,3-8,11H2,1-2H3,(H,21,24)/t12-,13+,15+,16+,17-/m1/s1. The quantitative estimate of drug-likeness (QED) is 0.892. The van der Waals surface area contributed by atoms with Gasteiger partial charge in [-0.05, 0) is 43.9 Å². The van der Waals surface area contributed by atoms with Crippen LogP contribution in [-0.2, 0) is 16.1 Å². The Bertz CT molecular complexity index is 670. The molecule has 2 saturated carbocycles. The minimum absolute atomic E-state index is 0.101. The van der Waals surface area contributed by atoms with Gasteiger partial charge in [0.1, 0.15) is 0 Å². The van der Waals surface area contributed by atoms with Crippen molar-refractivity contribution in [3.63, 3.8) is 0 Å². The summed E-state index contributed by atoms with van der Waals surface area (Å²) in [7, 11) is 0. The van der Waals surface area contributed by atoms with Gasteiger partial charge in [0.25, 0.3) is 0 Å². The first-order chi connectivity index (χ1) is 12.0. The first kappa shape index (κ1) is 16.6. The third kappa shape index (κ3) is 3.58. The second kappa shape index (κ2) is 6.46. The molecule has 3 fully saturated rings. The van der Waals surface area contributed by atoms with Crippen molar-refractivity contribution in [2.45, 2.75) is 58.5 Å². The maximum absolute atomic E-state index is 12.7. The fraction of sp³-hybridized carbons (Fsp3) is 0.737. The number of nitrogens with one attached hydrogen (secondary N) is 1. The Morgan fingerprint density at radius 1 is 1.20 bits per heavy atom. The first-order valence-corrected chi connectivity index (χ1v) is 9.66. The third-order valence-corrected chi connectivity index (χ3v) is 6.08. The molecule has 1 aromatic heterocycles. The molecule has 0 bridgehead atoms. The van der Waals surface area contributed by atoms with Gasteiger partial charge >= 0.3 is 0 Å². The number of carbonyl (C=O) groups excluding carboxylic acids is 2. The van der Waals surface area contributed by atoms with Gasteiger partial charge in [-0.15, -0.1) is 0 Å². The number of aromatic nitrogens is 2. The zero-order chi connectivity index (χ0) is 17.6. The van der Waals surface area contributed by atoms with Crippen molar-refractivity contribution >= 4 is 17.5 Å². The van der Waals surface area contributed by atoms with Crippen LogP contribution in [0.2, 0.25) is 0 Å². The van der Waals surface area contributed by atoms with Gasteiger partial charge in [0.15, 0.2) is 0 Å². The zero-order valence-corrected chi connectivity index (χ0v) is 15.1. The molecule has 0 aromatic carbocycles. The molecule has 25 heavy (non-hydrogen) atoms. The Hall–Kier alpha value is -1.85. The highest BCUT2D eigenvalue weighted by atomic mass is 16.2. The maximum atomic E-state index is 12.7. The molecule has 5 atom stereocenters. The van der Waals surface area contributed by atoms with Gasteiger partial charge in [0.05, 0.1) is 24.5 Å². The smallest absolute Gasteiger partial charge is 0.227 e.